The molecule has 1 unspecified atom stereocenters. The van der Waals surface area contributed by atoms with Gasteiger partial charge in [0.1, 0.15) is 11.2 Å². The van der Waals surface area contributed by atoms with E-state index in [0.717, 1.165) is 25.1 Å². The fourth-order valence-corrected chi connectivity index (χ4v) is 6.85. The summed E-state index contributed by atoms with van der Waals surface area (Å²) in [5, 5.41) is 12.7. The Morgan fingerprint density at radius 3 is 2.54 bits per heavy atom. The minimum Gasteiger partial charge on any atom is -0.477 e. The summed E-state index contributed by atoms with van der Waals surface area (Å²) in [5.74, 6) is -3.17. The van der Waals surface area contributed by atoms with Crippen LogP contribution in [0, 0.1) is 11.6 Å². The highest BCUT2D eigenvalue weighted by molar-refractivity contribution is 5.98. The number of fused-ring (bicyclic) bond motifs is 4. The number of rotatable bonds is 4. The van der Waals surface area contributed by atoms with Crippen LogP contribution in [-0.2, 0) is 13.5 Å². The number of aromatic carboxylic acids is 1. The average molecular weight is 559 g/mol. The van der Waals surface area contributed by atoms with Gasteiger partial charge in [0.25, 0.3) is 0 Å². The highest BCUT2D eigenvalue weighted by Crippen LogP contribution is 2.52. The van der Waals surface area contributed by atoms with E-state index in [1.54, 1.807) is 32.6 Å². The second-order valence-corrected chi connectivity index (χ2v) is 11.3. The van der Waals surface area contributed by atoms with E-state index in [-0.39, 0.29) is 22.1 Å². The van der Waals surface area contributed by atoms with E-state index in [0.29, 0.717) is 58.8 Å². The maximum Gasteiger partial charge on any atom is 0.341 e. The maximum absolute atomic E-state index is 15.6. The molecule has 0 radical (unpaired) electrons. The van der Waals surface area contributed by atoms with Crippen LogP contribution in [-0.4, -0.2) is 69.8 Å². The Hall–Kier alpha value is -4.38. The number of halogens is 2. The van der Waals surface area contributed by atoms with Crippen molar-refractivity contribution in [2.75, 3.05) is 43.9 Å². The minimum atomic E-state index is -1.32. The number of carbonyl (C=O) groups is 1. The van der Waals surface area contributed by atoms with E-state index in [2.05, 4.69) is 27.1 Å². The molecule has 2 saturated heterocycles. The molecule has 2 aliphatic heterocycles. The summed E-state index contributed by atoms with van der Waals surface area (Å²) in [6, 6.07) is 2.81. The molecule has 2 N–H and O–H groups in total. The number of benzene rings is 1. The number of aryl methyl sites for hydroxylation is 1. The molecule has 210 valence electrons. The Labute approximate surface area is 234 Å². The highest BCUT2D eigenvalue weighted by Gasteiger charge is 2.48. The number of aromatic nitrogens is 3. The number of hydrogen-bond donors (Lipinski definition) is 2. The van der Waals surface area contributed by atoms with Crippen molar-refractivity contribution in [1.82, 2.24) is 19.4 Å². The molecular weight excluding hydrogens is 530 g/mol. The molecule has 11 heteroatoms. The molecule has 1 aromatic carbocycles. The van der Waals surface area contributed by atoms with Gasteiger partial charge in [0.15, 0.2) is 11.6 Å². The van der Waals surface area contributed by atoms with E-state index in [1.165, 1.54) is 16.8 Å². The third-order valence-corrected chi connectivity index (χ3v) is 9.25. The standard InChI is InChI=1S/C30H28F2N6O3/c1-33-21-10-20(31)25(32)23-16(21)9-22-24(23)26(38-7-5-30(14-38)4-6-37(30)3)18(12-34-22)15-8-17-27(39)19(29(40)41)13-36(2)28(17)35-11-15/h8,10-13,33H,4-7,9,14H2,1-3H3,(H,40,41). The summed E-state index contributed by atoms with van der Waals surface area (Å²) >= 11 is 0. The molecule has 3 aromatic heterocycles. The van der Waals surface area contributed by atoms with Gasteiger partial charge in [-0.15, -0.1) is 0 Å². The van der Waals surface area contributed by atoms with Gasteiger partial charge in [-0.2, -0.15) is 0 Å². The van der Waals surface area contributed by atoms with Crippen molar-refractivity contribution in [3.8, 4) is 22.3 Å². The van der Waals surface area contributed by atoms with Crippen molar-refractivity contribution in [3.63, 3.8) is 0 Å². The van der Waals surface area contributed by atoms with E-state index in [1.807, 2.05) is 0 Å². The fourth-order valence-electron chi connectivity index (χ4n) is 6.85. The van der Waals surface area contributed by atoms with Crippen LogP contribution in [0.5, 0.6) is 0 Å². The van der Waals surface area contributed by atoms with Gasteiger partial charge < -0.3 is 19.9 Å². The van der Waals surface area contributed by atoms with Crippen molar-refractivity contribution < 1.29 is 18.7 Å². The lowest BCUT2D eigenvalue weighted by atomic mass is 9.84. The second kappa shape index (κ2) is 8.81. The molecule has 1 aliphatic carbocycles. The number of likely N-dealkylation sites (tertiary alicyclic amines) is 1. The molecule has 1 spiro atoms. The van der Waals surface area contributed by atoms with E-state index in [9.17, 15) is 19.1 Å². The minimum absolute atomic E-state index is 0.0133. The summed E-state index contributed by atoms with van der Waals surface area (Å²) < 4.78 is 32.1. The van der Waals surface area contributed by atoms with Crippen molar-refractivity contribution in [2.45, 2.75) is 24.8 Å². The molecule has 0 bridgehead atoms. The summed E-state index contributed by atoms with van der Waals surface area (Å²) in [7, 11) is 5.42. The van der Waals surface area contributed by atoms with Crippen molar-refractivity contribution in [2.24, 2.45) is 7.05 Å². The summed E-state index contributed by atoms with van der Waals surface area (Å²) in [6.07, 6.45) is 6.91. The van der Waals surface area contributed by atoms with E-state index < -0.39 is 23.0 Å². The predicted octanol–water partition coefficient (Wildman–Crippen LogP) is 3.87. The lowest BCUT2D eigenvalue weighted by Crippen LogP contribution is -2.59. The molecule has 1 atom stereocenters. The van der Waals surface area contributed by atoms with Crippen LogP contribution < -0.4 is 15.6 Å². The van der Waals surface area contributed by atoms with Crippen molar-refractivity contribution >= 4 is 28.4 Å². The summed E-state index contributed by atoms with van der Waals surface area (Å²) in [5.41, 5.74) is 3.84. The first kappa shape index (κ1) is 25.6. The normalized spacial score (nSPS) is 19.5. The molecule has 0 amide bonds. The van der Waals surface area contributed by atoms with Gasteiger partial charge in [-0.1, -0.05) is 0 Å². The lowest BCUT2D eigenvalue weighted by molar-refractivity contribution is 0.0307. The zero-order chi connectivity index (χ0) is 28.8. The third kappa shape index (κ3) is 3.54. The molecule has 0 saturated carbocycles. The number of likely N-dealkylation sites (N-methyl/N-ethyl adjacent to an activating group) is 1. The number of anilines is 2. The molecule has 2 fully saturated rings. The summed E-state index contributed by atoms with van der Waals surface area (Å²) in [4.78, 5) is 38.7. The Kier molecular flexibility index (Phi) is 5.50. The smallest absolute Gasteiger partial charge is 0.341 e. The van der Waals surface area contributed by atoms with Gasteiger partial charge in [-0.05, 0) is 31.5 Å². The van der Waals surface area contributed by atoms with Gasteiger partial charge in [0, 0.05) is 98.3 Å². The highest BCUT2D eigenvalue weighted by atomic mass is 19.2. The SMILES string of the molecule is CNc1cc(F)c(F)c2c1Cc1ncc(-c3cnc4c(c3)c(=O)c(C(=O)O)cn4C)c(N3CCC4(CCN4C)C3)c1-2. The van der Waals surface area contributed by atoms with Gasteiger partial charge in [0.2, 0.25) is 5.43 Å². The first-order valence-corrected chi connectivity index (χ1v) is 13.5. The van der Waals surface area contributed by atoms with Crippen LogP contribution in [0.4, 0.5) is 20.2 Å². The summed E-state index contributed by atoms with van der Waals surface area (Å²) in [6.45, 7) is 2.43. The van der Waals surface area contributed by atoms with Crippen LogP contribution in [0.15, 0.2) is 35.5 Å². The maximum atomic E-state index is 15.6. The average Bonchev–Trinajstić information content (AvgIpc) is 3.59. The zero-order valence-electron chi connectivity index (χ0n) is 22.9. The molecule has 4 aromatic rings. The number of hydrogen-bond acceptors (Lipinski definition) is 7. The fraction of sp³-hybridized carbons (Fsp3) is 0.333. The second-order valence-electron chi connectivity index (χ2n) is 11.3. The topological polar surface area (TPSA) is 104 Å². The first-order valence-electron chi connectivity index (χ1n) is 13.5. The number of nitrogens with zero attached hydrogens (tertiary/aromatic N) is 5. The van der Waals surface area contributed by atoms with Crippen molar-refractivity contribution in [1.29, 1.82) is 0 Å². The Morgan fingerprint density at radius 1 is 1.10 bits per heavy atom. The molecule has 9 nitrogen and oxygen atoms in total. The van der Waals surface area contributed by atoms with Crippen LogP contribution in [0.25, 0.3) is 33.3 Å². The Bertz CT molecular complexity index is 1870. The Balaban J connectivity index is 1.50. The number of carboxylic acid groups (broad SMARTS) is 1. The zero-order valence-corrected chi connectivity index (χ0v) is 22.9. The largest absolute Gasteiger partial charge is 0.477 e. The van der Waals surface area contributed by atoms with Gasteiger partial charge in [-0.3, -0.25) is 14.7 Å². The van der Waals surface area contributed by atoms with Gasteiger partial charge in [-0.25, -0.2) is 18.6 Å². The molecule has 7 rings (SSSR count). The molecule has 3 aliphatic rings. The van der Waals surface area contributed by atoms with Crippen LogP contribution in [0.3, 0.4) is 0 Å². The monoisotopic (exact) mass is 558 g/mol. The molecular formula is C30H28F2N6O3. The third-order valence-electron chi connectivity index (χ3n) is 9.25. The number of carboxylic acids is 1. The Morgan fingerprint density at radius 2 is 1.88 bits per heavy atom. The van der Waals surface area contributed by atoms with Crippen molar-refractivity contribution in [3.05, 3.63) is 69.4 Å². The van der Waals surface area contributed by atoms with Gasteiger partial charge >= 0.3 is 5.97 Å². The first-order chi connectivity index (χ1) is 19.6. The quantitative estimate of drug-likeness (QED) is 0.343. The van der Waals surface area contributed by atoms with Crippen LogP contribution in [0.1, 0.15) is 34.5 Å². The van der Waals surface area contributed by atoms with Crippen LogP contribution in [0.2, 0.25) is 0 Å². The predicted molar refractivity (Wildman–Crippen MR) is 152 cm³/mol. The molecule has 41 heavy (non-hydrogen) atoms. The van der Waals surface area contributed by atoms with E-state index >= 15 is 4.39 Å². The lowest BCUT2D eigenvalue weighted by Gasteiger charge is -2.48. The van der Waals surface area contributed by atoms with Gasteiger partial charge in [0.05, 0.1) is 16.8 Å². The number of pyridine rings is 3. The van der Waals surface area contributed by atoms with Crippen LogP contribution >= 0.6 is 0 Å². The molecule has 5 heterocycles. The van der Waals surface area contributed by atoms with E-state index in [4.69, 9.17) is 4.98 Å². The number of nitrogens with one attached hydrogen (secondary N) is 1.